The predicted molar refractivity (Wildman–Crippen MR) is 61.1 cm³/mol. The second-order valence-electron chi connectivity index (χ2n) is 5.47. The van der Waals surface area contributed by atoms with E-state index in [2.05, 4.69) is 38.2 Å². The van der Waals surface area contributed by atoms with Gasteiger partial charge < -0.3 is 5.32 Å². The number of fused-ring (bicyclic) bond motifs is 1. The predicted octanol–water partition coefficient (Wildman–Crippen LogP) is 2.83. The Balaban J connectivity index is 1.70. The molecule has 0 radical (unpaired) electrons. The van der Waals surface area contributed by atoms with Crippen molar-refractivity contribution in [2.45, 2.75) is 39.7 Å². The zero-order chi connectivity index (χ0) is 10.1. The third-order valence-corrected chi connectivity index (χ3v) is 4.20. The van der Waals surface area contributed by atoms with E-state index >= 15 is 0 Å². The van der Waals surface area contributed by atoms with Crippen molar-refractivity contribution in [3.63, 3.8) is 0 Å². The van der Waals surface area contributed by atoms with Gasteiger partial charge in [-0.3, -0.25) is 0 Å². The molecule has 0 aromatic carbocycles. The summed E-state index contributed by atoms with van der Waals surface area (Å²) in [6, 6.07) is 0.792. The van der Waals surface area contributed by atoms with E-state index in [1.54, 1.807) is 0 Å². The number of rotatable bonds is 4. The lowest BCUT2D eigenvalue weighted by molar-refractivity contribution is 0.155. The summed E-state index contributed by atoms with van der Waals surface area (Å²) in [6.07, 6.45) is 7.53. The van der Waals surface area contributed by atoms with Gasteiger partial charge in [-0.2, -0.15) is 0 Å². The largest absolute Gasteiger partial charge is 0.313 e. The quantitative estimate of drug-likeness (QED) is 0.677. The summed E-state index contributed by atoms with van der Waals surface area (Å²) in [5, 5.41) is 3.72. The molecule has 0 spiro atoms. The zero-order valence-corrected chi connectivity index (χ0v) is 9.66. The molecule has 1 N–H and O–H groups in total. The summed E-state index contributed by atoms with van der Waals surface area (Å²) < 4.78 is 0. The standard InChI is InChI=1S/C13H23N/c1-9(2)10(3)8-14-13-7-11-5-4-6-12(11)13/h4,6,9-14H,5,7-8H2,1-3H3. The molecule has 2 aliphatic carbocycles. The number of nitrogens with one attached hydrogen (secondary N) is 1. The maximum Gasteiger partial charge on any atom is 0.0136 e. The highest BCUT2D eigenvalue weighted by atomic mass is 14.9. The lowest BCUT2D eigenvalue weighted by Gasteiger charge is -2.41. The van der Waals surface area contributed by atoms with Crippen LogP contribution in [0.25, 0.3) is 0 Å². The van der Waals surface area contributed by atoms with Crippen LogP contribution in [0.1, 0.15) is 33.6 Å². The maximum absolute atomic E-state index is 3.72. The summed E-state index contributed by atoms with van der Waals surface area (Å²) in [5.74, 6) is 3.47. The number of hydrogen-bond acceptors (Lipinski definition) is 1. The van der Waals surface area contributed by atoms with Gasteiger partial charge in [0.15, 0.2) is 0 Å². The van der Waals surface area contributed by atoms with Gasteiger partial charge in [-0.25, -0.2) is 0 Å². The minimum Gasteiger partial charge on any atom is -0.313 e. The van der Waals surface area contributed by atoms with Gasteiger partial charge >= 0.3 is 0 Å². The van der Waals surface area contributed by atoms with Gasteiger partial charge in [0, 0.05) is 6.04 Å². The molecule has 0 amide bonds. The molecule has 2 aliphatic rings. The number of hydrogen-bond donors (Lipinski definition) is 1. The Kier molecular flexibility index (Phi) is 2.96. The van der Waals surface area contributed by atoms with Gasteiger partial charge in [-0.15, -0.1) is 0 Å². The Morgan fingerprint density at radius 1 is 1.36 bits per heavy atom. The van der Waals surface area contributed by atoms with Gasteiger partial charge in [0.2, 0.25) is 0 Å². The molecule has 80 valence electrons. The fourth-order valence-corrected chi connectivity index (χ4v) is 2.52. The van der Waals surface area contributed by atoms with E-state index in [0.717, 1.165) is 29.7 Å². The van der Waals surface area contributed by atoms with Crippen LogP contribution in [0.5, 0.6) is 0 Å². The Morgan fingerprint density at radius 2 is 2.14 bits per heavy atom. The summed E-state index contributed by atoms with van der Waals surface area (Å²) in [7, 11) is 0. The molecule has 14 heavy (non-hydrogen) atoms. The van der Waals surface area contributed by atoms with Crippen molar-refractivity contribution < 1.29 is 0 Å². The van der Waals surface area contributed by atoms with Gasteiger partial charge in [-0.1, -0.05) is 32.9 Å². The van der Waals surface area contributed by atoms with Crippen LogP contribution in [0.3, 0.4) is 0 Å². The van der Waals surface area contributed by atoms with Crippen LogP contribution in [0, 0.1) is 23.7 Å². The molecule has 1 fully saturated rings. The SMILES string of the molecule is CC(C)C(C)CNC1CC2CC=CC21. The van der Waals surface area contributed by atoms with E-state index in [0.29, 0.717) is 0 Å². The molecule has 2 rings (SSSR count). The lowest BCUT2D eigenvalue weighted by atomic mass is 9.71. The van der Waals surface area contributed by atoms with Crippen LogP contribution in [-0.2, 0) is 0 Å². The minimum atomic E-state index is 0.792. The Morgan fingerprint density at radius 3 is 2.79 bits per heavy atom. The van der Waals surface area contributed by atoms with Crippen LogP contribution in [0.4, 0.5) is 0 Å². The molecule has 0 saturated heterocycles. The lowest BCUT2D eigenvalue weighted by Crippen LogP contribution is -2.49. The fourth-order valence-electron chi connectivity index (χ4n) is 2.52. The van der Waals surface area contributed by atoms with E-state index in [9.17, 15) is 0 Å². The molecule has 0 heterocycles. The van der Waals surface area contributed by atoms with Gasteiger partial charge in [-0.05, 0) is 43.1 Å². The summed E-state index contributed by atoms with van der Waals surface area (Å²) >= 11 is 0. The molecule has 4 unspecified atom stereocenters. The first-order valence-electron chi connectivity index (χ1n) is 6.08. The topological polar surface area (TPSA) is 12.0 Å². The maximum atomic E-state index is 3.72. The second-order valence-corrected chi connectivity index (χ2v) is 5.47. The summed E-state index contributed by atoms with van der Waals surface area (Å²) in [5.41, 5.74) is 0. The van der Waals surface area contributed by atoms with Gasteiger partial charge in [0.05, 0.1) is 0 Å². The first-order chi connectivity index (χ1) is 6.68. The number of allylic oxidation sites excluding steroid dienone is 1. The molecular weight excluding hydrogens is 170 g/mol. The average Bonchev–Trinajstić information content (AvgIpc) is 2.47. The van der Waals surface area contributed by atoms with Crippen LogP contribution in [0.15, 0.2) is 12.2 Å². The van der Waals surface area contributed by atoms with Crippen molar-refractivity contribution in [2.24, 2.45) is 23.7 Å². The third kappa shape index (κ3) is 1.88. The molecule has 0 aromatic heterocycles. The molecule has 0 aromatic rings. The van der Waals surface area contributed by atoms with E-state index in [1.165, 1.54) is 19.4 Å². The highest BCUT2D eigenvalue weighted by Gasteiger charge is 2.40. The molecule has 1 saturated carbocycles. The zero-order valence-electron chi connectivity index (χ0n) is 9.66. The molecule has 1 nitrogen and oxygen atoms in total. The first-order valence-corrected chi connectivity index (χ1v) is 6.08. The van der Waals surface area contributed by atoms with E-state index < -0.39 is 0 Å². The van der Waals surface area contributed by atoms with Crippen molar-refractivity contribution >= 4 is 0 Å². The first kappa shape index (κ1) is 10.2. The van der Waals surface area contributed by atoms with Crippen molar-refractivity contribution in [2.75, 3.05) is 6.54 Å². The molecule has 4 atom stereocenters. The van der Waals surface area contributed by atoms with Gasteiger partial charge in [0.1, 0.15) is 0 Å². The van der Waals surface area contributed by atoms with E-state index in [-0.39, 0.29) is 0 Å². The summed E-state index contributed by atoms with van der Waals surface area (Å²) in [6.45, 7) is 8.16. The van der Waals surface area contributed by atoms with Crippen LogP contribution in [0.2, 0.25) is 0 Å². The summed E-state index contributed by atoms with van der Waals surface area (Å²) in [4.78, 5) is 0. The van der Waals surface area contributed by atoms with Crippen LogP contribution >= 0.6 is 0 Å². The highest BCUT2D eigenvalue weighted by Crippen LogP contribution is 2.42. The normalized spacial score (nSPS) is 37.0. The molecule has 0 bridgehead atoms. The molecule has 0 aliphatic heterocycles. The molecule has 1 heteroatoms. The van der Waals surface area contributed by atoms with E-state index in [1.807, 2.05) is 0 Å². The fraction of sp³-hybridized carbons (Fsp3) is 0.846. The highest BCUT2D eigenvalue weighted by molar-refractivity contribution is 5.12. The minimum absolute atomic E-state index is 0.792. The van der Waals surface area contributed by atoms with Crippen molar-refractivity contribution in [1.29, 1.82) is 0 Å². The van der Waals surface area contributed by atoms with E-state index in [4.69, 9.17) is 0 Å². The van der Waals surface area contributed by atoms with Crippen molar-refractivity contribution in [3.05, 3.63) is 12.2 Å². The Labute approximate surface area is 88.0 Å². The van der Waals surface area contributed by atoms with Crippen LogP contribution in [-0.4, -0.2) is 12.6 Å². The Hall–Kier alpha value is -0.300. The molecular formula is C13H23N. The monoisotopic (exact) mass is 193 g/mol. The Bertz CT molecular complexity index is 219. The average molecular weight is 193 g/mol. The van der Waals surface area contributed by atoms with Gasteiger partial charge in [0.25, 0.3) is 0 Å². The van der Waals surface area contributed by atoms with Crippen molar-refractivity contribution in [3.8, 4) is 0 Å². The smallest absolute Gasteiger partial charge is 0.0136 e. The van der Waals surface area contributed by atoms with Crippen LogP contribution < -0.4 is 5.32 Å². The third-order valence-electron chi connectivity index (χ3n) is 4.20. The van der Waals surface area contributed by atoms with Crippen molar-refractivity contribution in [1.82, 2.24) is 5.32 Å². The second kappa shape index (κ2) is 4.06.